The van der Waals surface area contributed by atoms with Crippen molar-refractivity contribution >= 4 is 6.03 Å². The summed E-state index contributed by atoms with van der Waals surface area (Å²) in [5.74, 6) is 0.0842. The van der Waals surface area contributed by atoms with Gasteiger partial charge in [-0.1, -0.05) is 30.3 Å². The molecule has 130 valence electrons. The van der Waals surface area contributed by atoms with Gasteiger partial charge < -0.3 is 20.3 Å². The number of aliphatic hydroxyl groups excluding tert-OH is 1. The molecule has 0 saturated heterocycles. The summed E-state index contributed by atoms with van der Waals surface area (Å²) in [6.45, 7) is 4.87. The van der Waals surface area contributed by atoms with E-state index in [4.69, 9.17) is 0 Å². The first kappa shape index (κ1) is 18.0. The van der Waals surface area contributed by atoms with Gasteiger partial charge >= 0.3 is 6.03 Å². The molecule has 0 radical (unpaired) electrons. The lowest BCUT2D eigenvalue weighted by Crippen LogP contribution is -2.43. The maximum Gasteiger partial charge on any atom is 0.315 e. The highest BCUT2D eigenvalue weighted by Gasteiger charge is 2.16. The minimum Gasteiger partial charge on any atom is -0.393 e. The summed E-state index contributed by atoms with van der Waals surface area (Å²) in [4.78, 5) is 16.1. The van der Waals surface area contributed by atoms with Crippen LogP contribution in [-0.2, 0) is 6.54 Å². The molecule has 24 heavy (non-hydrogen) atoms. The summed E-state index contributed by atoms with van der Waals surface area (Å²) in [5, 5.41) is 15.5. The van der Waals surface area contributed by atoms with Crippen LogP contribution in [0, 0.1) is 0 Å². The first-order chi connectivity index (χ1) is 11.5. The largest absolute Gasteiger partial charge is 0.393 e. The number of hydrogen-bond donors (Lipinski definition) is 3. The van der Waals surface area contributed by atoms with Crippen LogP contribution in [0.4, 0.5) is 4.79 Å². The zero-order valence-corrected chi connectivity index (χ0v) is 14.2. The summed E-state index contributed by atoms with van der Waals surface area (Å²) in [6.07, 6.45) is 5.50. The monoisotopic (exact) mass is 330 g/mol. The van der Waals surface area contributed by atoms with Gasteiger partial charge in [0.2, 0.25) is 0 Å². The number of aliphatic hydroxyl groups is 1. The van der Waals surface area contributed by atoms with Crippen LogP contribution in [0.3, 0.4) is 0 Å². The van der Waals surface area contributed by atoms with Crippen LogP contribution < -0.4 is 10.6 Å². The van der Waals surface area contributed by atoms with Crippen LogP contribution in [0.2, 0.25) is 0 Å². The van der Waals surface area contributed by atoms with Gasteiger partial charge in [-0.3, -0.25) is 0 Å². The maximum absolute atomic E-state index is 12.1. The number of rotatable bonds is 8. The van der Waals surface area contributed by atoms with Gasteiger partial charge in [0.15, 0.2) is 0 Å². The maximum atomic E-state index is 12.1. The van der Waals surface area contributed by atoms with Gasteiger partial charge in [-0.15, -0.1) is 0 Å². The molecule has 3 N–H and O–H groups in total. The quantitative estimate of drug-likeness (QED) is 0.694. The highest BCUT2D eigenvalue weighted by Crippen LogP contribution is 2.20. The van der Waals surface area contributed by atoms with Gasteiger partial charge in [-0.25, -0.2) is 9.78 Å². The smallest absolute Gasteiger partial charge is 0.315 e. The van der Waals surface area contributed by atoms with Crippen LogP contribution >= 0.6 is 0 Å². The average molecular weight is 330 g/mol. The van der Waals surface area contributed by atoms with E-state index in [2.05, 4.69) is 15.6 Å². The Balaban J connectivity index is 1.83. The highest BCUT2D eigenvalue weighted by molar-refractivity contribution is 5.74. The predicted molar refractivity (Wildman–Crippen MR) is 93.7 cm³/mol. The average Bonchev–Trinajstić information content (AvgIpc) is 3.04. The van der Waals surface area contributed by atoms with Gasteiger partial charge in [0.1, 0.15) is 0 Å². The topological polar surface area (TPSA) is 79.2 Å². The lowest BCUT2D eigenvalue weighted by Gasteiger charge is -2.21. The van der Waals surface area contributed by atoms with Crippen LogP contribution in [0.5, 0.6) is 0 Å². The molecule has 2 amide bonds. The first-order valence-electron chi connectivity index (χ1n) is 8.27. The summed E-state index contributed by atoms with van der Waals surface area (Å²) >= 11 is 0. The second-order valence-corrected chi connectivity index (χ2v) is 6.21. The van der Waals surface area contributed by atoms with Gasteiger partial charge in [0, 0.05) is 37.4 Å². The SMILES string of the molecule is CC(O)CC(CNC(=O)NC(C)Cn1ccnc1)c1ccccc1. The molecule has 3 unspecified atom stereocenters. The van der Waals surface area contributed by atoms with Gasteiger partial charge in [0.05, 0.1) is 12.4 Å². The zero-order chi connectivity index (χ0) is 17.4. The molecule has 1 heterocycles. The number of imidazole rings is 1. The number of carbonyl (C=O) groups excluding carboxylic acids is 1. The number of nitrogens with one attached hydrogen (secondary N) is 2. The lowest BCUT2D eigenvalue weighted by atomic mass is 9.93. The second-order valence-electron chi connectivity index (χ2n) is 6.21. The molecule has 1 aromatic heterocycles. The number of aromatic nitrogens is 2. The van der Waals surface area contributed by atoms with Crippen molar-refractivity contribution in [2.45, 2.75) is 44.9 Å². The van der Waals surface area contributed by atoms with Crippen molar-refractivity contribution in [3.05, 3.63) is 54.6 Å². The van der Waals surface area contributed by atoms with Crippen LogP contribution in [0.15, 0.2) is 49.1 Å². The highest BCUT2D eigenvalue weighted by atomic mass is 16.3. The molecule has 6 heteroatoms. The third-order valence-corrected chi connectivity index (χ3v) is 3.83. The van der Waals surface area contributed by atoms with E-state index in [0.717, 1.165) is 5.56 Å². The fraction of sp³-hybridized carbons (Fsp3) is 0.444. The fourth-order valence-corrected chi connectivity index (χ4v) is 2.72. The zero-order valence-electron chi connectivity index (χ0n) is 14.2. The molecule has 0 spiro atoms. The Morgan fingerprint density at radius 2 is 2.04 bits per heavy atom. The van der Waals surface area contributed by atoms with Crippen molar-refractivity contribution in [3.63, 3.8) is 0 Å². The first-order valence-corrected chi connectivity index (χ1v) is 8.27. The van der Waals surface area contributed by atoms with Gasteiger partial charge in [0.25, 0.3) is 0 Å². The van der Waals surface area contributed by atoms with E-state index in [1.54, 1.807) is 19.4 Å². The molecule has 0 aliphatic rings. The number of carbonyl (C=O) groups is 1. The van der Waals surface area contributed by atoms with E-state index in [0.29, 0.717) is 19.5 Å². The van der Waals surface area contributed by atoms with E-state index in [-0.39, 0.29) is 18.0 Å². The molecule has 0 fully saturated rings. The summed E-state index contributed by atoms with van der Waals surface area (Å²) < 4.78 is 1.92. The third-order valence-electron chi connectivity index (χ3n) is 3.83. The molecule has 0 aliphatic heterocycles. The summed E-state index contributed by atoms with van der Waals surface area (Å²) in [6, 6.07) is 9.74. The Morgan fingerprint density at radius 3 is 2.67 bits per heavy atom. The number of amides is 2. The second kappa shape index (κ2) is 9.08. The molecule has 0 aliphatic carbocycles. The molecule has 0 saturated carbocycles. The standard InChI is InChI=1S/C18H26N4O2/c1-14(12-22-9-8-19-13-22)21-18(24)20-11-17(10-15(2)23)16-6-4-3-5-7-16/h3-9,13-15,17,23H,10-12H2,1-2H3,(H2,20,21,24). The third kappa shape index (κ3) is 6.04. The van der Waals surface area contributed by atoms with E-state index >= 15 is 0 Å². The van der Waals surface area contributed by atoms with Crippen molar-refractivity contribution in [3.8, 4) is 0 Å². The van der Waals surface area contributed by atoms with Crippen molar-refractivity contribution in [2.75, 3.05) is 6.54 Å². The Labute approximate surface area is 142 Å². The number of hydrogen-bond acceptors (Lipinski definition) is 3. The minimum absolute atomic E-state index is 0.00820. The molecule has 3 atom stereocenters. The van der Waals surface area contributed by atoms with E-state index in [9.17, 15) is 9.90 Å². The predicted octanol–water partition coefficient (Wildman–Crippen LogP) is 2.13. The molecule has 2 aromatic rings. The number of urea groups is 1. The van der Waals surface area contributed by atoms with E-state index < -0.39 is 6.10 Å². The number of benzene rings is 1. The van der Waals surface area contributed by atoms with Gasteiger partial charge in [-0.2, -0.15) is 0 Å². The van der Waals surface area contributed by atoms with Gasteiger partial charge in [-0.05, 0) is 25.8 Å². The van der Waals surface area contributed by atoms with Crippen LogP contribution in [0.1, 0.15) is 31.7 Å². The Kier molecular flexibility index (Phi) is 6.81. The Hall–Kier alpha value is -2.34. The lowest BCUT2D eigenvalue weighted by molar-refractivity contribution is 0.173. The normalized spacial score (nSPS) is 14.6. The summed E-state index contributed by atoms with van der Waals surface area (Å²) in [5.41, 5.74) is 1.12. The molecule has 6 nitrogen and oxygen atoms in total. The van der Waals surface area contributed by atoms with Crippen molar-refractivity contribution in [1.29, 1.82) is 0 Å². The van der Waals surface area contributed by atoms with E-state index in [1.165, 1.54) is 0 Å². The molecule has 2 rings (SSSR count). The Morgan fingerprint density at radius 1 is 1.29 bits per heavy atom. The van der Waals surface area contributed by atoms with Crippen molar-refractivity contribution in [2.24, 2.45) is 0 Å². The summed E-state index contributed by atoms with van der Waals surface area (Å²) in [7, 11) is 0. The minimum atomic E-state index is -0.416. The van der Waals surface area contributed by atoms with Crippen molar-refractivity contribution in [1.82, 2.24) is 20.2 Å². The molecular formula is C18H26N4O2. The fourth-order valence-electron chi connectivity index (χ4n) is 2.72. The van der Waals surface area contributed by atoms with Crippen LogP contribution in [0.25, 0.3) is 0 Å². The molecule has 0 bridgehead atoms. The van der Waals surface area contributed by atoms with Crippen LogP contribution in [-0.4, -0.2) is 39.4 Å². The van der Waals surface area contributed by atoms with E-state index in [1.807, 2.05) is 48.0 Å². The Bertz CT molecular complexity index is 599. The van der Waals surface area contributed by atoms with Crippen molar-refractivity contribution < 1.29 is 9.90 Å². The number of nitrogens with zero attached hydrogens (tertiary/aromatic N) is 2. The molecular weight excluding hydrogens is 304 g/mol. The molecule has 1 aromatic carbocycles.